The molecule has 5 rings (SSSR count). The molecule has 1 heterocycles. The standard InChI is InChI=1S/C31H24FNO3/c32-26-17-15-22(16-18-26)19-33(20-25-21-36-28-14-8-7-13-27(28)30(25)34)31(35)29(23-9-3-1-4-10-23)24-11-5-2-6-12-24/h1-18,21,29H,19-20H2. The Bertz CT molecular complexity index is 1490. The number of halogens is 1. The minimum absolute atomic E-state index is 0.0551. The predicted molar refractivity (Wildman–Crippen MR) is 138 cm³/mol. The Kier molecular flexibility index (Phi) is 6.72. The first kappa shape index (κ1) is 23.2. The van der Waals surface area contributed by atoms with Crippen LogP contribution in [0.4, 0.5) is 4.39 Å². The van der Waals surface area contributed by atoms with E-state index in [0.29, 0.717) is 16.5 Å². The second kappa shape index (κ2) is 10.4. The van der Waals surface area contributed by atoms with E-state index in [1.54, 1.807) is 41.3 Å². The van der Waals surface area contributed by atoms with Crippen LogP contribution in [0.15, 0.2) is 125 Å². The maximum absolute atomic E-state index is 14.2. The van der Waals surface area contributed by atoms with Crippen molar-refractivity contribution in [2.24, 2.45) is 0 Å². The summed E-state index contributed by atoms with van der Waals surface area (Å²) in [6.07, 6.45) is 1.43. The van der Waals surface area contributed by atoms with Gasteiger partial charge in [0.25, 0.3) is 0 Å². The summed E-state index contributed by atoms with van der Waals surface area (Å²) in [6, 6.07) is 32.2. The van der Waals surface area contributed by atoms with Crippen LogP contribution in [0.25, 0.3) is 11.0 Å². The van der Waals surface area contributed by atoms with Gasteiger partial charge in [-0.1, -0.05) is 84.9 Å². The van der Waals surface area contributed by atoms with Crippen molar-refractivity contribution >= 4 is 16.9 Å². The van der Waals surface area contributed by atoms with Crippen LogP contribution in [-0.4, -0.2) is 10.8 Å². The van der Waals surface area contributed by atoms with E-state index in [9.17, 15) is 14.0 Å². The molecule has 4 aromatic carbocycles. The third-order valence-electron chi connectivity index (χ3n) is 6.22. The van der Waals surface area contributed by atoms with E-state index in [4.69, 9.17) is 4.42 Å². The topological polar surface area (TPSA) is 50.5 Å². The van der Waals surface area contributed by atoms with Gasteiger partial charge in [0.1, 0.15) is 11.4 Å². The number of hydrogen-bond donors (Lipinski definition) is 0. The van der Waals surface area contributed by atoms with Crippen molar-refractivity contribution in [3.8, 4) is 0 Å². The summed E-state index contributed by atoms with van der Waals surface area (Å²) in [4.78, 5) is 29.1. The van der Waals surface area contributed by atoms with E-state index in [-0.39, 0.29) is 30.2 Å². The van der Waals surface area contributed by atoms with E-state index in [2.05, 4.69) is 0 Å². The molecule has 36 heavy (non-hydrogen) atoms. The van der Waals surface area contributed by atoms with Crippen molar-refractivity contribution in [2.45, 2.75) is 19.0 Å². The summed E-state index contributed by atoms with van der Waals surface area (Å²) in [7, 11) is 0. The van der Waals surface area contributed by atoms with Crippen molar-refractivity contribution in [3.05, 3.63) is 154 Å². The van der Waals surface area contributed by atoms with Crippen molar-refractivity contribution in [1.82, 2.24) is 4.90 Å². The number of carbonyl (C=O) groups is 1. The van der Waals surface area contributed by atoms with Crippen molar-refractivity contribution in [3.63, 3.8) is 0 Å². The molecular weight excluding hydrogens is 453 g/mol. The number of fused-ring (bicyclic) bond motifs is 1. The molecule has 0 radical (unpaired) electrons. The predicted octanol–water partition coefficient (Wildman–Crippen LogP) is 6.29. The third kappa shape index (κ3) is 4.96. The van der Waals surface area contributed by atoms with E-state index in [0.717, 1.165) is 16.7 Å². The molecule has 0 fully saturated rings. The van der Waals surface area contributed by atoms with Crippen LogP contribution in [-0.2, 0) is 17.9 Å². The van der Waals surface area contributed by atoms with Crippen LogP contribution < -0.4 is 5.43 Å². The number of amides is 1. The summed E-state index contributed by atoms with van der Waals surface area (Å²) in [5.41, 5.74) is 3.16. The van der Waals surface area contributed by atoms with Crippen LogP contribution in [0, 0.1) is 5.82 Å². The highest BCUT2D eigenvalue weighted by atomic mass is 19.1. The molecule has 1 amide bonds. The van der Waals surface area contributed by atoms with Gasteiger partial charge in [0.2, 0.25) is 5.91 Å². The van der Waals surface area contributed by atoms with Crippen molar-refractivity contribution in [2.75, 3.05) is 0 Å². The van der Waals surface area contributed by atoms with Crippen molar-refractivity contribution < 1.29 is 13.6 Å². The number of benzene rings is 4. The Morgan fingerprint density at radius 2 is 1.33 bits per heavy atom. The molecule has 0 saturated carbocycles. The lowest BCUT2D eigenvalue weighted by Gasteiger charge is -2.28. The third-order valence-corrected chi connectivity index (χ3v) is 6.22. The molecule has 0 atom stereocenters. The van der Waals surface area contributed by atoms with Gasteiger partial charge in [0, 0.05) is 6.54 Å². The van der Waals surface area contributed by atoms with Crippen LogP contribution in [0.5, 0.6) is 0 Å². The van der Waals surface area contributed by atoms with Gasteiger partial charge in [0.15, 0.2) is 5.43 Å². The molecule has 0 aliphatic heterocycles. The largest absolute Gasteiger partial charge is 0.464 e. The van der Waals surface area contributed by atoms with Gasteiger partial charge in [0.05, 0.1) is 29.7 Å². The zero-order chi connectivity index (χ0) is 24.9. The molecule has 0 aliphatic rings. The maximum atomic E-state index is 14.2. The number of hydrogen-bond acceptors (Lipinski definition) is 3. The van der Waals surface area contributed by atoms with E-state index in [1.807, 2.05) is 60.7 Å². The zero-order valence-corrected chi connectivity index (χ0v) is 19.5. The minimum atomic E-state index is -0.569. The average molecular weight is 478 g/mol. The molecule has 0 saturated heterocycles. The summed E-state index contributed by atoms with van der Waals surface area (Å²) < 4.78 is 19.3. The first-order valence-electron chi connectivity index (χ1n) is 11.7. The second-order valence-corrected chi connectivity index (χ2v) is 8.66. The molecule has 178 valence electrons. The number of para-hydroxylation sites is 1. The zero-order valence-electron chi connectivity index (χ0n) is 19.5. The Morgan fingerprint density at radius 3 is 1.97 bits per heavy atom. The van der Waals surface area contributed by atoms with E-state index < -0.39 is 5.92 Å². The highest BCUT2D eigenvalue weighted by Gasteiger charge is 2.28. The first-order valence-corrected chi connectivity index (χ1v) is 11.7. The number of carbonyl (C=O) groups excluding carboxylic acids is 1. The van der Waals surface area contributed by atoms with Gasteiger partial charge in [-0.25, -0.2) is 4.39 Å². The smallest absolute Gasteiger partial charge is 0.235 e. The molecule has 4 nitrogen and oxygen atoms in total. The molecule has 5 aromatic rings. The maximum Gasteiger partial charge on any atom is 0.235 e. The fourth-order valence-corrected chi connectivity index (χ4v) is 4.41. The number of rotatable bonds is 7. The SMILES string of the molecule is O=C(C(c1ccccc1)c1ccccc1)N(Cc1ccc(F)cc1)Cc1coc2ccccc2c1=O. The molecule has 0 spiro atoms. The average Bonchev–Trinajstić information content (AvgIpc) is 2.92. The molecule has 5 heteroatoms. The lowest BCUT2D eigenvalue weighted by molar-refractivity contribution is -0.133. The van der Waals surface area contributed by atoms with Gasteiger partial charge in [-0.2, -0.15) is 0 Å². The van der Waals surface area contributed by atoms with E-state index >= 15 is 0 Å². The molecule has 1 aromatic heterocycles. The molecule has 0 aliphatic carbocycles. The Morgan fingerprint density at radius 1 is 0.750 bits per heavy atom. The molecule has 0 unspecified atom stereocenters. The highest BCUT2D eigenvalue weighted by molar-refractivity contribution is 5.87. The summed E-state index contributed by atoms with van der Waals surface area (Å²) >= 11 is 0. The quantitative estimate of drug-likeness (QED) is 0.277. The second-order valence-electron chi connectivity index (χ2n) is 8.66. The van der Waals surface area contributed by atoms with Crippen LogP contribution in [0.2, 0.25) is 0 Å². The van der Waals surface area contributed by atoms with Gasteiger partial charge in [-0.05, 0) is 41.0 Å². The molecule has 0 bridgehead atoms. The summed E-state index contributed by atoms with van der Waals surface area (Å²) in [5.74, 6) is -1.08. The molecule has 0 N–H and O–H groups in total. The lowest BCUT2D eigenvalue weighted by atomic mass is 9.89. The van der Waals surface area contributed by atoms with Crippen molar-refractivity contribution in [1.29, 1.82) is 0 Å². The Hall–Kier alpha value is -4.51. The lowest BCUT2D eigenvalue weighted by Crippen LogP contribution is -2.36. The van der Waals surface area contributed by atoms with Gasteiger partial charge < -0.3 is 9.32 Å². The van der Waals surface area contributed by atoms with Gasteiger partial charge in [-0.15, -0.1) is 0 Å². The number of nitrogens with zero attached hydrogens (tertiary/aromatic N) is 1. The van der Waals surface area contributed by atoms with Crippen LogP contribution in [0.1, 0.15) is 28.2 Å². The van der Waals surface area contributed by atoms with Crippen LogP contribution >= 0.6 is 0 Å². The molecular formula is C31H24FNO3. The van der Waals surface area contributed by atoms with Gasteiger partial charge in [-0.3, -0.25) is 9.59 Å². The highest BCUT2D eigenvalue weighted by Crippen LogP contribution is 2.28. The fraction of sp³-hybridized carbons (Fsp3) is 0.0968. The summed E-state index contributed by atoms with van der Waals surface area (Å²) in [5, 5.41) is 0.465. The Labute approximate surface area is 208 Å². The minimum Gasteiger partial charge on any atom is -0.464 e. The summed E-state index contributed by atoms with van der Waals surface area (Å²) in [6.45, 7) is 0.265. The van der Waals surface area contributed by atoms with E-state index in [1.165, 1.54) is 18.4 Å². The Balaban J connectivity index is 1.57. The van der Waals surface area contributed by atoms with Gasteiger partial charge >= 0.3 is 0 Å². The normalized spacial score (nSPS) is 11.1. The van der Waals surface area contributed by atoms with Crippen LogP contribution in [0.3, 0.4) is 0 Å². The monoisotopic (exact) mass is 477 g/mol. The fourth-order valence-electron chi connectivity index (χ4n) is 4.41. The first-order chi connectivity index (χ1) is 17.6.